The van der Waals surface area contributed by atoms with Gasteiger partial charge in [0.15, 0.2) is 0 Å². The molecule has 0 aromatic carbocycles. The van der Waals surface area contributed by atoms with Crippen molar-refractivity contribution in [1.29, 1.82) is 0 Å². The van der Waals surface area contributed by atoms with E-state index in [9.17, 15) is 10.1 Å². The molecule has 0 bridgehead atoms. The van der Waals surface area contributed by atoms with Crippen LogP contribution in [-0.2, 0) is 0 Å². The van der Waals surface area contributed by atoms with Crippen LogP contribution in [-0.4, -0.2) is 39.2 Å². The first-order valence-corrected chi connectivity index (χ1v) is 6.27. The highest BCUT2D eigenvalue weighted by molar-refractivity contribution is 5.68. The van der Waals surface area contributed by atoms with Gasteiger partial charge >= 0.3 is 5.69 Å². The lowest BCUT2D eigenvalue weighted by Gasteiger charge is -2.38. The van der Waals surface area contributed by atoms with Crippen molar-refractivity contribution < 1.29 is 10.0 Å². The maximum absolute atomic E-state index is 11.1. The molecule has 1 aromatic heterocycles. The highest BCUT2D eigenvalue weighted by Gasteiger charge is 2.32. The van der Waals surface area contributed by atoms with E-state index in [0.29, 0.717) is 13.0 Å². The molecule has 0 radical (unpaired) electrons. The summed E-state index contributed by atoms with van der Waals surface area (Å²) in [7, 11) is 0. The Labute approximate surface area is 110 Å². The van der Waals surface area contributed by atoms with E-state index in [2.05, 4.69) is 9.97 Å². The number of nitrogens with zero attached hydrogens (tertiary/aromatic N) is 4. The van der Waals surface area contributed by atoms with Crippen molar-refractivity contribution in [2.24, 2.45) is 0 Å². The number of aliphatic hydroxyl groups excluding tert-OH is 1. The highest BCUT2D eigenvalue weighted by atomic mass is 16.6. The van der Waals surface area contributed by atoms with Crippen LogP contribution in [0, 0.1) is 10.1 Å². The summed E-state index contributed by atoms with van der Waals surface area (Å²) >= 11 is 0. The average molecular weight is 267 g/mol. The van der Waals surface area contributed by atoms with Crippen LogP contribution in [0.2, 0.25) is 0 Å². The van der Waals surface area contributed by atoms with Gasteiger partial charge in [-0.25, -0.2) is 9.97 Å². The van der Waals surface area contributed by atoms with Crippen LogP contribution in [0.4, 0.5) is 17.3 Å². The normalized spacial score (nSPS) is 15.0. The van der Waals surface area contributed by atoms with Gasteiger partial charge in [-0.3, -0.25) is 10.1 Å². The molecule has 1 aliphatic carbocycles. The number of aliphatic hydroxyl groups is 1. The molecular formula is C11H17N5O3. The Balaban J connectivity index is 2.34. The van der Waals surface area contributed by atoms with Gasteiger partial charge in [0.25, 0.3) is 0 Å². The molecule has 1 aliphatic rings. The second-order valence-electron chi connectivity index (χ2n) is 4.54. The summed E-state index contributed by atoms with van der Waals surface area (Å²) in [6.07, 6.45) is 4.84. The lowest BCUT2D eigenvalue weighted by atomic mass is 9.91. The molecule has 2 rings (SSSR count). The van der Waals surface area contributed by atoms with Crippen molar-refractivity contribution >= 4 is 17.3 Å². The summed E-state index contributed by atoms with van der Waals surface area (Å²) in [6.45, 7) is 0.566. The van der Waals surface area contributed by atoms with Gasteiger partial charge < -0.3 is 15.7 Å². The Bertz CT molecular complexity index is 464. The Hall–Kier alpha value is -1.96. The Morgan fingerprint density at radius 2 is 2.26 bits per heavy atom. The molecule has 0 amide bonds. The third kappa shape index (κ3) is 2.73. The molecule has 0 saturated heterocycles. The van der Waals surface area contributed by atoms with Crippen LogP contribution < -0.4 is 10.6 Å². The fraction of sp³-hybridized carbons (Fsp3) is 0.636. The molecule has 1 fully saturated rings. The largest absolute Gasteiger partial charge is 0.396 e. The number of rotatable bonds is 6. The van der Waals surface area contributed by atoms with Crippen molar-refractivity contribution in [1.82, 2.24) is 9.97 Å². The van der Waals surface area contributed by atoms with Crippen LogP contribution in [0.1, 0.15) is 25.7 Å². The molecule has 0 atom stereocenters. The van der Waals surface area contributed by atoms with E-state index in [-0.39, 0.29) is 30.0 Å². The lowest BCUT2D eigenvalue weighted by Crippen LogP contribution is -2.42. The van der Waals surface area contributed by atoms with E-state index in [4.69, 9.17) is 10.8 Å². The van der Waals surface area contributed by atoms with Crippen molar-refractivity contribution in [2.45, 2.75) is 31.7 Å². The van der Waals surface area contributed by atoms with Crippen LogP contribution in [0.25, 0.3) is 0 Å². The smallest absolute Gasteiger partial charge is 0.353 e. The predicted octanol–water partition coefficient (Wildman–Crippen LogP) is 0.708. The van der Waals surface area contributed by atoms with Gasteiger partial charge in [-0.15, -0.1) is 0 Å². The van der Waals surface area contributed by atoms with E-state index in [0.717, 1.165) is 19.3 Å². The zero-order chi connectivity index (χ0) is 13.8. The SMILES string of the molecule is Nc1ncnc(N(CCCO)C2CCC2)c1[N+](=O)[O-]. The first-order valence-electron chi connectivity index (χ1n) is 6.27. The fourth-order valence-corrected chi connectivity index (χ4v) is 2.17. The van der Waals surface area contributed by atoms with Crippen molar-refractivity contribution in [3.63, 3.8) is 0 Å². The molecular weight excluding hydrogens is 250 g/mol. The van der Waals surface area contributed by atoms with E-state index < -0.39 is 4.92 Å². The van der Waals surface area contributed by atoms with Gasteiger partial charge in [0, 0.05) is 19.2 Å². The van der Waals surface area contributed by atoms with Gasteiger partial charge in [0.05, 0.1) is 4.92 Å². The van der Waals surface area contributed by atoms with Gasteiger partial charge in [-0.2, -0.15) is 0 Å². The molecule has 3 N–H and O–H groups in total. The Morgan fingerprint density at radius 3 is 2.79 bits per heavy atom. The van der Waals surface area contributed by atoms with E-state index in [1.807, 2.05) is 4.90 Å². The first kappa shape index (κ1) is 13.5. The van der Waals surface area contributed by atoms with Crippen LogP contribution >= 0.6 is 0 Å². The van der Waals surface area contributed by atoms with Crippen molar-refractivity contribution in [3.05, 3.63) is 16.4 Å². The summed E-state index contributed by atoms with van der Waals surface area (Å²) in [4.78, 5) is 20.1. The summed E-state index contributed by atoms with van der Waals surface area (Å²) < 4.78 is 0. The maximum Gasteiger partial charge on any atom is 0.353 e. The monoisotopic (exact) mass is 267 g/mol. The predicted molar refractivity (Wildman–Crippen MR) is 69.8 cm³/mol. The summed E-state index contributed by atoms with van der Waals surface area (Å²) in [5.74, 6) is 0.138. The minimum Gasteiger partial charge on any atom is -0.396 e. The van der Waals surface area contributed by atoms with Crippen molar-refractivity contribution in [3.8, 4) is 0 Å². The number of anilines is 2. The van der Waals surface area contributed by atoms with E-state index in [1.54, 1.807) is 0 Å². The first-order chi connectivity index (χ1) is 9.15. The molecule has 19 heavy (non-hydrogen) atoms. The fourth-order valence-electron chi connectivity index (χ4n) is 2.17. The zero-order valence-electron chi connectivity index (χ0n) is 10.5. The van der Waals surface area contributed by atoms with Crippen LogP contribution in [0.5, 0.6) is 0 Å². The molecule has 8 nitrogen and oxygen atoms in total. The standard InChI is InChI=1S/C11H17N5O3/c12-10-9(16(18)19)11(14-7-13-10)15(5-2-6-17)8-3-1-4-8/h7-8,17H,1-6H2,(H2,12,13,14). The molecule has 1 aromatic rings. The van der Waals surface area contributed by atoms with E-state index in [1.165, 1.54) is 6.33 Å². The van der Waals surface area contributed by atoms with Crippen LogP contribution in [0.3, 0.4) is 0 Å². The number of hydrogen-bond donors (Lipinski definition) is 2. The number of nitrogen functional groups attached to an aromatic ring is 1. The summed E-state index contributed by atoms with van der Waals surface area (Å²) in [6, 6.07) is 0.236. The second-order valence-corrected chi connectivity index (χ2v) is 4.54. The number of nitro groups is 1. The summed E-state index contributed by atoms with van der Waals surface area (Å²) in [5, 5.41) is 20.1. The average Bonchev–Trinajstić information content (AvgIpc) is 2.31. The van der Waals surface area contributed by atoms with Gasteiger partial charge in [-0.1, -0.05) is 0 Å². The minimum absolute atomic E-state index is 0.0393. The van der Waals surface area contributed by atoms with Gasteiger partial charge in [0.2, 0.25) is 11.6 Å². The highest BCUT2D eigenvalue weighted by Crippen LogP contribution is 2.35. The van der Waals surface area contributed by atoms with Crippen LogP contribution in [0.15, 0.2) is 6.33 Å². The van der Waals surface area contributed by atoms with Crippen molar-refractivity contribution in [2.75, 3.05) is 23.8 Å². The molecule has 1 heterocycles. The quantitative estimate of drug-likeness (QED) is 0.575. The van der Waals surface area contributed by atoms with Gasteiger partial charge in [-0.05, 0) is 25.7 Å². The maximum atomic E-state index is 11.1. The molecule has 0 spiro atoms. The Morgan fingerprint density at radius 1 is 1.53 bits per heavy atom. The zero-order valence-corrected chi connectivity index (χ0v) is 10.5. The minimum atomic E-state index is -0.546. The summed E-state index contributed by atoms with van der Waals surface area (Å²) in [5.41, 5.74) is 5.34. The molecule has 1 saturated carbocycles. The topological polar surface area (TPSA) is 118 Å². The third-order valence-electron chi connectivity index (χ3n) is 3.36. The molecule has 0 unspecified atom stereocenters. The lowest BCUT2D eigenvalue weighted by molar-refractivity contribution is -0.383. The van der Waals surface area contributed by atoms with E-state index >= 15 is 0 Å². The third-order valence-corrected chi connectivity index (χ3v) is 3.36. The second kappa shape index (κ2) is 5.79. The molecule has 8 heteroatoms. The Kier molecular flexibility index (Phi) is 4.10. The number of aromatic nitrogens is 2. The number of hydrogen-bond acceptors (Lipinski definition) is 7. The molecule has 104 valence electrons. The van der Waals surface area contributed by atoms with Gasteiger partial charge in [0.1, 0.15) is 6.33 Å². The molecule has 0 aliphatic heterocycles. The number of nitrogens with two attached hydrogens (primary N) is 1.